The number of aromatic carboxylic acids is 1. The summed E-state index contributed by atoms with van der Waals surface area (Å²) in [6, 6.07) is 3.65. The van der Waals surface area contributed by atoms with Crippen molar-refractivity contribution in [3.8, 4) is 0 Å². The second-order valence-electron chi connectivity index (χ2n) is 3.87. The molecule has 98 valence electrons. The maximum atomic E-state index is 11.1. The van der Waals surface area contributed by atoms with E-state index in [0.29, 0.717) is 12.2 Å². The third kappa shape index (κ3) is 3.57. The lowest BCUT2D eigenvalue weighted by atomic mass is 10.1. The van der Waals surface area contributed by atoms with Crippen LogP contribution < -0.4 is 10.5 Å². The molecule has 18 heavy (non-hydrogen) atoms. The van der Waals surface area contributed by atoms with Crippen LogP contribution in [0.2, 0.25) is 0 Å². The Labute approximate surface area is 105 Å². The Morgan fingerprint density at radius 2 is 2.11 bits per heavy atom. The summed E-state index contributed by atoms with van der Waals surface area (Å²) < 4.78 is 22.3. The van der Waals surface area contributed by atoms with Crippen LogP contribution in [-0.2, 0) is 10.0 Å². The molecule has 0 bridgehead atoms. The highest BCUT2D eigenvalue weighted by atomic mass is 32.2. The molecule has 0 heterocycles. The molecule has 0 saturated heterocycles. The van der Waals surface area contributed by atoms with Gasteiger partial charge in [0.1, 0.15) is 0 Å². The molecule has 0 aliphatic rings. The zero-order chi connectivity index (χ0) is 13.9. The lowest BCUT2D eigenvalue weighted by Gasteiger charge is -2.10. The lowest BCUT2D eigenvalue weighted by molar-refractivity contribution is 0.0697. The molecule has 0 aliphatic heterocycles. The monoisotopic (exact) mass is 270 g/mol. The van der Waals surface area contributed by atoms with Gasteiger partial charge in [0, 0.05) is 12.2 Å². The van der Waals surface area contributed by atoms with Crippen molar-refractivity contribution < 1.29 is 18.3 Å². The number of primary sulfonamides is 1. The molecule has 0 aromatic heterocycles. The molecular formula is C11H14N2O4S. The van der Waals surface area contributed by atoms with Gasteiger partial charge in [0.25, 0.3) is 0 Å². The predicted molar refractivity (Wildman–Crippen MR) is 68.1 cm³/mol. The number of carboxylic acids is 1. The van der Waals surface area contributed by atoms with Crippen LogP contribution >= 0.6 is 0 Å². The first-order valence-corrected chi connectivity index (χ1v) is 6.55. The number of sulfonamides is 1. The molecule has 0 saturated carbocycles. The Morgan fingerprint density at radius 1 is 1.50 bits per heavy atom. The summed E-state index contributed by atoms with van der Waals surface area (Å²) in [5.74, 6) is -1.23. The van der Waals surface area contributed by atoms with Gasteiger partial charge in [-0.1, -0.05) is 12.2 Å². The molecule has 4 N–H and O–H groups in total. The van der Waals surface area contributed by atoms with Gasteiger partial charge in [-0.15, -0.1) is 0 Å². The van der Waals surface area contributed by atoms with Crippen LogP contribution in [0.4, 0.5) is 5.69 Å². The zero-order valence-electron chi connectivity index (χ0n) is 9.80. The van der Waals surface area contributed by atoms with E-state index < -0.39 is 16.0 Å². The smallest absolute Gasteiger partial charge is 0.337 e. The summed E-state index contributed by atoms with van der Waals surface area (Å²) >= 11 is 0. The van der Waals surface area contributed by atoms with Crippen molar-refractivity contribution in [3.63, 3.8) is 0 Å². The van der Waals surface area contributed by atoms with E-state index in [2.05, 4.69) is 11.9 Å². The largest absolute Gasteiger partial charge is 0.478 e. The summed E-state index contributed by atoms with van der Waals surface area (Å²) in [5, 5.41) is 16.8. The first-order valence-electron chi connectivity index (χ1n) is 5.00. The fourth-order valence-corrected chi connectivity index (χ4v) is 1.82. The number of nitrogens with two attached hydrogens (primary N) is 1. The summed E-state index contributed by atoms with van der Waals surface area (Å²) in [6.45, 7) is 5.86. The predicted octanol–water partition coefficient (Wildman–Crippen LogP) is 1.02. The minimum Gasteiger partial charge on any atom is -0.478 e. The molecule has 1 aromatic rings. The number of benzene rings is 1. The number of nitrogens with one attached hydrogen (secondary N) is 1. The number of carboxylic acid groups (broad SMARTS) is 1. The number of hydrogen-bond donors (Lipinski definition) is 3. The van der Waals surface area contributed by atoms with Crippen LogP contribution in [0.1, 0.15) is 17.3 Å². The van der Waals surface area contributed by atoms with Crippen molar-refractivity contribution in [2.45, 2.75) is 11.8 Å². The fourth-order valence-electron chi connectivity index (χ4n) is 1.28. The van der Waals surface area contributed by atoms with Crippen LogP contribution in [0.25, 0.3) is 0 Å². The summed E-state index contributed by atoms with van der Waals surface area (Å²) in [4.78, 5) is 10.8. The minimum atomic E-state index is -3.92. The topological polar surface area (TPSA) is 109 Å². The average Bonchev–Trinajstić information content (AvgIpc) is 2.24. The first-order chi connectivity index (χ1) is 8.21. The fraction of sp³-hybridized carbons (Fsp3) is 0.182. The molecule has 0 radical (unpaired) electrons. The lowest BCUT2D eigenvalue weighted by Crippen LogP contribution is -2.14. The standard InChI is InChI=1S/C11H14N2O4S/c1-7(2)6-13-10-4-3-8(18(12,16)17)5-9(10)11(14)15/h3-5,13H,1,6H2,2H3,(H,14,15)(H2,12,16,17). The summed E-state index contributed by atoms with van der Waals surface area (Å²) in [6.07, 6.45) is 0. The van der Waals surface area contributed by atoms with Gasteiger partial charge in [0.15, 0.2) is 0 Å². The molecule has 0 fully saturated rings. The highest BCUT2D eigenvalue weighted by Crippen LogP contribution is 2.20. The number of anilines is 1. The quantitative estimate of drug-likeness (QED) is 0.692. The minimum absolute atomic E-state index is 0.150. The van der Waals surface area contributed by atoms with Crippen molar-refractivity contribution in [3.05, 3.63) is 35.9 Å². The molecule has 0 unspecified atom stereocenters. The highest BCUT2D eigenvalue weighted by Gasteiger charge is 2.15. The molecule has 6 nitrogen and oxygen atoms in total. The van der Waals surface area contributed by atoms with Crippen molar-refractivity contribution in [1.29, 1.82) is 0 Å². The summed E-state index contributed by atoms with van der Waals surface area (Å²) in [5.41, 5.74) is 0.988. The summed E-state index contributed by atoms with van der Waals surface area (Å²) in [7, 11) is -3.92. The third-order valence-electron chi connectivity index (χ3n) is 2.13. The Hall–Kier alpha value is -1.86. The molecule has 0 aliphatic carbocycles. The van der Waals surface area contributed by atoms with Crippen molar-refractivity contribution in [1.82, 2.24) is 0 Å². The Kier molecular flexibility index (Phi) is 4.10. The van der Waals surface area contributed by atoms with Crippen LogP contribution in [0.3, 0.4) is 0 Å². The van der Waals surface area contributed by atoms with Gasteiger partial charge in [-0.2, -0.15) is 0 Å². The molecule has 1 rings (SSSR count). The van der Waals surface area contributed by atoms with E-state index in [9.17, 15) is 13.2 Å². The molecular weight excluding hydrogens is 256 g/mol. The average molecular weight is 270 g/mol. The Morgan fingerprint density at radius 3 is 2.56 bits per heavy atom. The normalized spacial score (nSPS) is 11.0. The second-order valence-corrected chi connectivity index (χ2v) is 5.43. The number of rotatable bonds is 5. The van der Waals surface area contributed by atoms with Gasteiger partial charge in [-0.25, -0.2) is 18.4 Å². The first kappa shape index (κ1) is 14.2. The van der Waals surface area contributed by atoms with E-state index in [4.69, 9.17) is 10.2 Å². The van der Waals surface area contributed by atoms with Gasteiger partial charge < -0.3 is 10.4 Å². The van der Waals surface area contributed by atoms with Crippen LogP contribution in [-0.4, -0.2) is 26.0 Å². The van der Waals surface area contributed by atoms with Crippen molar-refractivity contribution >= 4 is 21.7 Å². The molecule has 1 aromatic carbocycles. The van der Waals surface area contributed by atoms with E-state index >= 15 is 0 Å². The van der Waals surface area contributed by atoms with Gasteiger partial charge in [0.2, 0.25) is 10.0 Å². The van der Waals surface area contributed by atoms with E-state index in [1.54, 1.807) is 6.92 Å². The van der Waals surface area contributed by atoms with E-state index in [1.165, 1.54) is 12.1 Å². The third-order valence-corrected chi connectivity index (χ3v) is 3.04. The van der Waals surface area contributed by atoms with E-state index in [-0.39, 0.29) is 10.5 Å². The Bertz CT molecular complexity index is 593. The van der Waals surface area contributed by atoms with Gasteiger partial charge in [-0.3, -0.25) is 0 Å². The molecule has 0 spiro atoms. The van der Waals surface area contributed by atoms with Crippen molar-refractivity contribution in [2.24, 2.45) is 5.14 Å². The molecule has 7 heteroatoms. The zero-order valence-corrected chi connectivity index (χ0v) is 10.6. The number of hydrogen-bond acceptors (Lipinski definition) is 4. The van der Waals surface area contributed by atoms with Gasteiger partial charge in [0.05, 0.1) is 10.5 Å². The number of carbonyl (C=O) groups is 1. The van der Waals surface area contributed by atoms with Crippen LogP contribution in [0.15, 0.2) is 35.2 Å². The van der Waals surface area contributed by atoms with Crippen LogP contribution in [0.5, 0.6) is 0 Å². The Balaban J connectivity index is 3.21. The maximum absolute atomic E-state index is 11.1. The van der Waals surface area contributed by atoms with Crippen LogP contribution in [0, 0.1) is 0 Å². The highest BCUT2D eigenvalue weighted by molar-refractivity contribution is 7.89. The molecule has 0 atom stereocenters. The maximum Gasteiger partial charge on any atom is 0.337 e. The second kappa shape index (κ2) is 5.19. The van der Waals surface area contributed by atoms with Gasteiger partial charge >= 0.3 is 5.97 Å². The van der Waals surface area contributed by atoms with Gasteiger partial charge in [-0.05, 0) is 25.1 Å². The SMILES string of the molecule is C=C(C)CNc1ccc(S(N)(=O)=O)cc1C(=O)O. The van der Waals surface area contributed by atoms with E-state index in [0.717, 1.165) is 11.6 Å². The van der Waals surface area contributed by atoms with Crippen molar-refractivity contribution in [2.75, 3.05) is 11.9 Å². The van der Waals surface area contributed by atoms with E-state index in [1.807, 2.05) is 0 Å². The molecule has 0 amide bonds.